The first-order valence-corrected chi connectivity index (χ1v) is 6.26. The van der Waals surface area contributed by atoms with Crippen LogP contribution in [0.15, 0.2) is 0 Å². The maximum Gasteiger partial charge on any atom is 0.263 e. The first kappa shape index (κ1) is 13.8. The van der Waals surface area contributed by atoms with Gasteiger partial charge in [0.1, 0.15) is 0 Å². The molecule has 2 N–H and O–H groups in total. The van der Waals surface area contributed by atoms with Gasteiger partial charge in [-0.25, -0.2) is 8.78 Å². The highest BCUT2D eigenvalue weighted by atomic mass is 19.3. The van der Waals surface area contributed by atoms with Gasteiger partial charge in [-0.1, -0.05) is 13.8 Å². The lowest BCUT2D eigenvalue weighted by atomic mass is 9.88. The molecule has 1 fully saturated rings. The first-order valence-electron chi connectivity index (χ1n) is 6.26. The highest BCUT2D eigenvalue weighted by Gasteiger charge is 2.43. The number of piperidine rings is 1. The van der Waals surface area contributed by atoms with E-state index in [0.717, 1.165) is 13.1 Å². The van der Waals surface area contributed by atoms with Crippen molar-refractivity contribution in [2.24, 2.45) is 17.6 Å². The van der Waals surface area contributed by atoms with Gasteiger partial charge in [0.2, 0.25) is 0 Å². The number of halogens is 2. The van der Waals surface area contributed by atoms with Crippen LogP contribution in [-0.2, 0) is 0 Å². The van der Waals surface area contributed by atoms with Crippen LogP contribution in [0.2, 0.25) is 0 Å². The maximum absolute atomic E-state index is 13.8. The van der Waals surface area contributed by atoms with Crippen molar-refractivity contribution in [1.82, 2.24) is 4.90 Å². The maximum atomic E-state index is 13.8. The van der Waals surface area contributed by atoms with Gasteiger partial charge < -0.3 is 5.73 Å². The zero-order valence-electron chi connectivity index (χ0n) is 10.4. The molecule has 0 aromatic carbocycles. The monoisotopic (exact) mass is 234 g/mol. The highest BCUT2D eigenvalue weighted by molar-refractivity contribution is 4.86. The minimum absolute atomic E-state index is 0.0690. The molecule has 0 aromatic rings. The van der Waals surface area contributed by atoms with Crippen molar-refractivity contribution in [3.8, 4) is 0 Å². The predicted molar refractivity (Wildman–Crippen MR) is 62.6 cm³/mol. The van der Waals surface area contributed by atoms with E-state index in [1.165, 1.54) is 0 Å². The van der Waals surface area contributed by atoms with E-state index in [2.05, 4.69) is 13.8 Å². The normalized spacial score (nSPS) is 26.2. The summed E-state index contributed by atoms with van der Waals surface area (Å²) in [7, 11) is 0. The summed E-state index contributed by atoms with van der Waals surface area (Å²) in [5.41, 5.74) is 5.37. The molecule has 0 spiro atoms. The number of rotatable bonds is 5. The average Bonchev–Trinajstić information content (AvgIpc) is 2.14. The topological polar surface area (TPSA) is 29.3 Å². The average molecular weight is 234 g/mol. The Kier molecular flexibility index (Phi) is 5.12. The Balaban J connectivity index is 2.45. The third kappa shape index (κ3) is 3.98. The fourth-order valence-electron chi connectivity index (χ4n) is 2.45. The van der Waals surface area contributed by atoms with Gasteiger partial charge in [-0.05, 0) is 38.3 Å². The van der Waals surface area contributed by atoms with Crippen molar-refractivity contribution < 1.29 is 8.78 Å². The summed E-state index contributed by atoms with van der Waals surface area (Å²) < 4.78 is 27.6. The van der Waals surface area contributed by atoms with Gasteiger partial charge in [0.25, 0.3) is 5.92 Å². The molecule has 0 amide bonds. The van der Waals surface area contributed by atoms with Crippen molar-refractivity contribution in [2.75, 3.05) is 26.2 Å². The molecule has 0 radical (unpaired) electrons. The Hall–Kier alpha value is -0.220. The first-order chi connectivity index (χ1) is 7.45. The van der Waals surface area contributed by atoms with E-state index in [4.69, 9.17) is 5.73 Å². The van der Waals surface area contributed by atoms with Crippen LogP contribution >= 0.6 is 0 Å². The fourth-order valence-corrected chi connectivity index (χ4v) is 2.45. The van der Waals surface area contributed by atoms with Gasteiger partial charge in [-0.15, -0.1) is 0 Å². The number of likely N-dealkylation sites (tertiary alicyclic amines) is 1. The van der Waals surface area contributed by atoms with Crippen LogP contribution < -0.4 is 5.73 Å². The molecule has 1 aliphatic rings. The molecule has 1 atom stereocenters. The van der Waals surface area contributed by atoms with Crippen molar-refractivity contribution >= 4 is 0 Å². The number of hydrogen-bond acceptors (Lipinski definition) is 2. The van der Waals surface area contributed by atoms with E-state index in [-0.39, 0.29) is 6.54 Å². The van der Waals surface area contributed by atoms with Crippen LogP contribution in [0.1, 0.15) is 33.1 Å². The molecule has 0 bridgehead atoms. The molecule has 4 heteroatoms. The van der Waals surface area contributed by atoms with Crippen LogP contribution in [0.5, 0.6) is 0 Å². The lowest BCUT2D eigenvalue weighted by Crippen LogP contribution is -2.49. The summed E-state index contributed by atoms with van der Waals surface area (Å²) in [4.78, 5) is 1.89. The highest BCUT2D eigenvalue weighted by Crippen LogP contribution is 2.35. The Morgan fingerprint density at radius 1 is 1.44 bits per heavy atom. The summed E-state index contributed by atoms with van der Waals surface area (Å²) >= 11 is 0. The van der Waals surface area contributed by atoms with Crippen LogP contribution in [0.25, 0.3) is 0 Å². The third-order valence-electron chi connectivity index (χ3n) is 3.21. The predicted octanol–water partition coefficient (Wildman–Crippen LogP) is 2.34. The zero-order valence-corrected chi connectivity index (χ0v) is 10.4. The van der Waals surface area contributed by atoms with E-state index in [0.29, 0.717) is 31.7 Å². The van der Waals surface area contributed by atoms with Crippen LogP contribution in [0.3, 0.4) is 0 Å². The quantitative estimate of drug-likeness (QED) is 0.791. The van der Waals surface area contributed by atoms with Crippen molar-refractivity contribution in [3.63, 3.8) is 0 Å². The lowest BCUT2D eigenvalue weighted by Gasteiger charge is -2.39. The van der Waals surface area contributed by atoms with Crippen LogP contribution in [0.4, 0.5) is 8.78 Å². The summed E-state index contributed by atoms with van der Waals surface area (Å²) in [6.45, 7) is 6.17. The Morgan fingerprint density at radius 2 is 2.12 bits per heavy atom. The summed E-state index contributed by atoms with van der Waals surface area (Å²) in [6.07, 6.45) is 1.89. The van der Waals surface area contributed by atoms with E-state index in [1.54, 1.807) is 0 Å². The molecule has 96 valence electrons. The van der Waals surface area contributed by atoms with Crippen LogP contribution in [-0.4, -0.2) is 37.0 Å². The number of nitrogens with two attached hydrogens (primary N) is 1. The van der Waals surface area contributed by atoms with E-state index in [9.17, 15) is 8.78 Å². The van der Waals surface area contributed by atoms with Gasteiger partial charge in [0.05, 0.1) is 6.54 Å². The fraction of sp³-hybridized carbons (Fsp3) is 1.00. The molecular formula is C12H24F2N2. The van der Waals surface area contributed by atoms with Gasteiger partial charge in [-0.2, -0.15) is 0 Å². The summed E-state index contributed by atoms with van der Waals surface area (Å²) in [6, 6.07) is 0. The van der Waals surface area contributed by atoms with Gasteiger partial charge in [-0.3, -0.25) is 4.90 Å². The second-order valence-corrected chi connectivity index (χ2v) is 5.31. The molecule has 0 saturated carbocycles. The molecule has 0 aromatic heterocycles. The molecule has 0 aliphatic carbocycles. The van der Waals surface area contributed by atoms with Crippen molar-refractivity contribution in [3.05, 3.63) is 0 Å². The second-order valence-electron chi connectivity index (χ2n) is 5.31. The summed E-state index contributed by atoms with van der Waals surface area (Å²) in [5.74, 6) is -2.53. The van der Waals surface area contributed by atoms with Gasteiger partial charge >= 0.3 is 0 Å². The molecule has 1 heterocycles. The van der Waals surface area contributed by atoms with E-state index >= 15 is 0 Å². The smallest absolute Gasteiger partial charge is 0.263 e. The number of nitrogens with zero attached hydrogens (tertiary/aromatic N) is 1. The van der Waals surface area contributed by atoms with E-state index < -0.39 is 11.8 Å². The Morgan fingerprint density at radius 3 is 2.62 bits per heavy atom. The Bertz CT molecular complexity index is 207. The number of hydrogen-bond donors (Lipinski definition) is 1. The largest absolute Gasteiger partial charge is 0.330 e. The lowest BCUT2D eigenvalue weighted by molar-refractivity contribution is -0.115. The number of alkyl halides is 2. The zero-order chi connectivity index (χ0) is 12.2. The molecule has 1 aliphatic heterocycles. The standard InChI is InChI=1S/C12H24F2N2/c1-10(2)8-16-7-5-11(4-3-6-15)12(13,14)9-16/h10-11H,3-9,15H2,1-2H3. The molecule has 1 unspecified atom stereocenters. The van der Waals surface area contributed by atoms with Crippen molar-refractivity contribution in [1.29, 1.82) is 0 Å². The van der Waals surface area contributed by atoms with E-state index in [1.807, 2.05) is 4.90 Å². The molecule has 1 saturated heterocycles. The second kappa shape index (κ2) is 5.92. The van der Waals surface area contributed by atoms with Gasteiger partial charge in [0, 0.05) is 12.5 Å². The molecule has 16 heavy (non-hydrogen) atoms. The SMILES string of the molecule is CC(C)CN1CCC(CCCN)C(F)(F)C1. The molecule has 2 nitrogen and oxygen atoms in total. The minimum atomic E-state index is -2.53. The van der Waals surface area contributed by atoms with Gasteiger partial charge in [0.15, 0.2) is 0 Å². The molecular weight excluding hydrogens is 210 g/mol. The minimum Gasteiger partial charge on any atom is -0.330 e. The third-order valence-corrected chi connectivity index (χ3v) is 3.21. The molecule has 1 rings (SSSR count). The Labute approximate surface area is 97.2 Å². The van der Waals surface area contributed by atoms with Crippen molar-refractivity contribution in [2.45, 2.75) is 39.0 Å². The van der Waals surface area contributed by atoms with Crippen LogP contribution in [0, 0.1) is 11.8 Å². The summed E-state index contributed by atoms with van der Waals surface area (Å²) in [5, 5.41) is 0.